The van der Waals surface area contributed by atoms with Crippen molar-refractivity contribution in [3.63, 3.8) is 0 Å². The van der Waals surface area contributed by atoms with Crippen LogP contribution in [-0.4, -0.2) is 23.9 Å². The molecule has 1 aliphatic heterocycles. The second kappa shape index (κ2) is 3.56. The van der Waals surface area contributed by atoms with Gasteiger partial charge in [0.25, 0.3) is 0 Å². The first-order valence-corrected chi connectivity index (χ1v) is 4.51. The standard InChI is InChI=1S/C10H13N3/c1-8-12-6-10(7-13-8)9-2-4-11-5-3-9/h2-5,10H,6-7H2,1H3,(H,12,13). The summed E-state index contributed by atoms with van der Waals surface area (Å²) in [6.07, 6.45) is 3.67. The first kappa shape index (κ1) is 8.23. The Bertz CT molecular complexity index is 305. The second-order valence-corrected chi connectivity index (χ2v) is 3.28. The van der Waals surface area contributed by atoms with Crippen LogP contribution in [0.2, 0.25) is 0 Å². The molecule has 2 rings (SSSR count). The van der Waals surface area contributed by atoms with Gasteiger partial charge in [-0.3, -0.25) is 9.98 Å². The van der Waals surface area contributed by atoms with Crippen LogP contribution in [0, 0.1) is 0 Å². The van der Waals surface area contributed by atoms with Crippen LogP contribution in [0.1, 0.15) is 18.4 Å². The van der Waals surface area contributed by atoms with Crippen LogP contribution in [0.15, 0.2) is 29.5 Å². The average molecular weight is 175 g/mol. The van der Waals surface area contributed by atoms with E-state index in [0.29, 0.717) is 5.92 Å². The summed E-state index contributed by atoms with van der Waals surface area (Å²) >= 11 is 0. The number of pyridine rings is 1. The molecule has 1 aromatic heterocycles. The number of aliphatic imine (C=N–C) groups is 1. The van der Waals surface area contributed by atoms with Gasteiger partial charge in [0.15, 0.2) is 0 Å². The highest BCUT2D eigenvalue weighted by molar-refractivity contribution is 5.80. The number of hydrogen-bond acceptors (Lipinski definition) is 3. The summed E-state index contributed by atoms with van der Waals surface area (Å²) in [5, 5.41) is 3.26. The van der Waals surface area contributed by atoms with Crippen molar-refractivity contribution in [2.75, 3.05) is 13.1 Å². The molecule has 2 heterocycles. The molecule has 0 fully saturated rings. The van der Waals surface area contributed by atoms with E-state index >= 15 is 0 Å². The highest BCUT2D eigenvalue weighted by Gasteiger charge is 2.14. The zero-order valence-electron chi connectivity index (χ0n) is 7.70. The minimum atomic E-state index is 0.506. The predicted molar refractivity (Wildman–Crippen MR) is 53.0 cm³/mol. The molecule has 1 aliphatic rings. The Kier molecular flexibility index (Phi) is 2.25. The molecular formula is C10H13N3. The third-order valence-corrected chi connectivity index (χ3v) is 2.33. The molecule has 0 spiro atoms. The van der Waals surface area contributed by atoms with Crippen LogP contribution in [-0.2, 0) is 0 Å². The molecular weight excluding hydrogens is 162 g/mol. The molecule has 1 unspecified atom stereocenters. The summed E-state index contributed by atoms with van der Waals surface area (Å²) in [4.78, 5) is 8.37. The van der Waals surface area contributed by atoms with E-state index in [4.69, 9.17) is 0 Å². The van der Waals surface area contributed by atoms with Gasteiger partial charge in [-0.05, 0) is 24.6 Å². The number of hydrogen-bond donors (Lipinski definition) is 1. The van der Waals surface area contributed by atoms with E-state index in [2.05, 4.69) is 27.4 Å². The summed E-state index contributed by atoms with van der Waals surface area (Å²) in [6, 6.07) is 4.12. The van der Waals surface area contributed by atoms with Crippen LogP contribution in [0.25, 0.3) is 0 Å². The molecule has 0 amide bonds. The molecule has 3 heteroatoms. The Morgan fingerprint density at radius 3 is 2.77 bits per heavy atom. The Hall–Kier alpha value is -1.38. The Labute approximate surface area is 77.9 Å². The van der Waals surface area contributed by atoms with Crippen molar-refractivity contribution in [1.82, 2.24) is 10.3 Å². The van der Waals surface area contributed by atoms with E-state index in [1.54, 1.807) is 0 Å². The number of nitrogens with one attached hydrogen (secondary N) is 1. The number of rotatable bonds is 1. The number of nitrogens with zero attached hydrogens (tertiary/aromatic N) is 2. The second-order valence-electron chi connectivity index (χ2n) is 3.28. The molecule has 3 nitrogen and oxygen atoms in total. The van der Waals surface area contributed by atoms with Gasteiger partial charge in [-0.1, -0.05) is 0 Å². The van der Waals surface area contributed by atoms with E-state index in [0.717, 1.165) is 18.9 Å². The van der Waals surface area contributed by atoms with E-state index < -0.39 is 0 Å². The lowest BCUT2D eigenvalue weighted by atomic mass is 9.99. The van der Waals surface area contributed by atoms with Gasteiger partial charge in [-0.15, -0.1) is 0 Å². The maximum Gasteiger partial charge on any atom is 0.0932 e. The molecule has 0 aliphatic carbocycles. The van der Waals surface area contributed by atoms with Crippen molar-refractivity contribution >= 4 is 5.84 Å². The molecule has 13 heavy (non-hydrogen) atoms. The fourth-order valence-corrected chi connectivity index (χ4v) is 1.50. The molecule has 68 valence electrons. The minimum Gasteiger partial charge on any atom is -0.373 e. The lowest BCUT2D eigenvalue weighted by molar-refractivity contribution is 0.636. The van der Waals surface area contributed by atoms with E-state index in [1.807, 2.05) is 19.3 Å². The Morgan fingerprint density at radius 1 is 1.38 bits per heavy atom. The Balaban J connectivity index is 2.12. The SMILES string of the molecule is CC1=NCC(c2ccncc2)CN1. The molecule has 0 saturated heterocycles. The summed E-state index contributed by atoms with van der Waals surface area (Å²) < 4.78 is 0. The molecule has 0 saturated carbocycles. The zero-order chi connectivity index (χ0) is 9.10. The molecule has 0 aromatic carbocycles. The summed E-state index contributed by atoms with van der Waals surface area (Å²) in [5.74, 6) is 1.55. The van der Waals surface area contributed by atoms with Gasteiger partial charge >= 0.3 is 0 Å². The first-order valence-electron chi connectivity index (χ1n) is 4.51. The van der Waals surface area contributed by atoms with E-state index in [-0.39, 0.29) is 0 Å². The highest BCUT2D eigenvalue weighted by Crippen LogP contribution is 2.16. The topological polar surface area (TPSA) is 37.3 Å². The summed E-state index contributed by atoms with van der Waals surface area (Å²) in [6.45, 7) is 3.88. The van der Waals surface area contributed by atoms with Crippen molar-refractivity contribution < 1.29 is 0 Å². The van der Waals surface area contributed by atoms with Crippen LogP contribution < -0.4 is 5.32 Å². The van der Waals surface area contributed by atoms with Crippen molar-refractivity contribution in [1.29, 1.82) is 0 Å². The van der Waals surface area contributed by atoms with E-state index in [1.165, 1.54) is 5.56 Å². The van der Waals surface area contributed by atoms with Gasteiger partial charge in [0.2, 0.25) is 0 Å². The fraction of sp³-hybridized carbons (Fsp3) is 0.400. The maximum atomic E-state index is 4.37. The minimum absolute atomic E-state index is 0.506. The normalized spacial score (nSPS) is 21.9. The van der Waals surface area contributed by atoms with E-state index in [9.17, 15) is 0 Å². The summed E-state index contributed by atoms with van der Waals surface area (Å²) in [7, 11) is 0. The van der Waals surface area contributed by atoms with Crippen LogP contribution in [0.4, 0.5) is 0 Å². The predicted octanol–water partition coefficient (Wildman–Crippen LogP) is 1.19. The lowest BCUT2D eigenvalue weighted by Gasteiger charge is -2.21. The van der Waals surface area contributed by atoms with Gasteiger partial charge in [-0.2, -0.15) is 0 Å². The monoisotopic (exact) mass is 175 g/mol. The zero-order valence-corrected chi connectivity index (χ0v) is 7.70. The summed E-state index contributed by atoms with van der Waals surface area (Å²) in [5.41, 5.74) is 1.32. The molecule has 1 N–H and O–H groups in total. The van der Waals surface area contributed by atoms with Crippen LogP contribution >= 0.6 is 0 Å². The number of aromatic nitrogens is 1. The van der Waals surface area contributed by atoms with Gasteiger partial charge in [-0.25, -0.2) is 0 Å². The van der Waals surface area contributed by atoms with Gasteiger partial charge < -0.3 is 5.32 Å². The van der Waals surface area contributed by atoms with Crippen molar-refractivity contribution in [3.05, 3.63) is 30.1 Å². The maximum absolute atomic E-state index is 4.37. The van der Waals surface area contributed by atoms with Crippen molar-refractivity contribution in [3.8, 4) is 0 Å². The van der Waals surface area contributed by atoms with Gasteiger partial charge in [0.05, 0.1) is 5.84 Å². The quantitative estimate of drug-likeness (QED) is 0.696. The average Bonchev–Trinajstić information content (AvgIpc) is 2.20. The molecule has 1 atom stereocenters. The van der Waals surface area contributed by atoms with Crippen molar-refractivity contribution in [2.24, 2.45) is 4.99 Å². The fourth-order valence-electron chi connectivity index (χ4n) is 1.50. The molecule has 1 aromatic rings. The molecule has 0 bridgehead atoms. The van der Waals surface area contributed by atoms with Gasteiger partial charge in [0.1, 0.15) is 0 Å². The highest BCUT2D eigenvalue weighted by atomic mass is 15.0. The molecule has 0 radical (unpaired) electrons. The lowest BCUT2D eigenvalue weighted by Crippen LogP contribution is -2.32. The van der Waals surface area contributed by atoms with Crippen LogP contribution in [0.5, 0.6) is 0 Å². The largest absolute Gasteiger partial charge is 0.373 e. The Morgan fingerprint density at radius 2 is 2.15 bits per heavy atom. The van der Waals surface area contributed by atoms with Crippen molar-refractivity contribution in [2.45, 2.75) is 12.8 Å². The van der Waals surface area contributed by atoms with Crippen LogP contribution in [0.3, 0.4) is 0 Å². The first-order chi connectivity index (χ1) is 6.36. The van der Waals surface area contributed by atoms with Gasteiger partial charge in [0, 0.05) is 31.4 Å². The third kappa shape index (κ3) is 1.86. The number of amidine groups is 1. The third-order valence-electron chi connectivity index (χ3n) is 2.33. The smallest absolute Gasteiger partial charge is 0.0932 e.